The molecule has 1 saturated carbocycles. The summed E-state index contributed by atoms with van der Waals surface area (Å²) in [6.45, 7) is 0. The van der Waals surface area contributed by atoms with E-state index in [9.17, 15) is 0 Å². The van der Waals surface area contributed by atoms with Crippen molar-refractivity contribution < 1.29 is 0 Å². The van der Waals surface area contributed by atoms with Gasteiger partial charge in [0, 0.05) is 23.0 Å². The number of nitrogens with two attached hydrogens (primary N) is 2. The normalized spacial score (nSPS) is 16.0. The summed E-state index contributed by atoms with van der Waals surface area (Å²) in [6.07, 6.45) is 6.34. The van der Waals surface area contributed by atoms with Gasteiger partial charge >= 0.3 is 0 Å². The Hall–Kier alpha value is -2.49. The molecule has 0 unspecified atom stereocenters. The molecule has 1 aromatic heterocycles. The maximum atomic E-state index is 5.99. The standard InChI is InChI=1S/C19H22N4/c20-14-6-4-5-13(11-14)19-22-17-12-15(21)9-10-18(17)23(19)16-7-2-1-3-8-16/h4-6,9-12,16H,1-3,7-8,20-21H2. The zero-order chi connectivity index (χ0) is 15.8. The number of hydrogen-bond donors (Lipinski definition) is 2. The smallest absolute Gasteiger partial charge is 0.141 e. The summed E-state index contributed by atoms with van der Waals surface area (Å²) >= 11 is 0. The predicted octanol–water partition coefficient (Wildman–Crippen LogP) is 4.37. The van der Waals surface area contributed by atoms with E-state index in [0.717, 1.165) is 28.3 Å². The second kappa shape index (κ2) is 5.61. The Balaban J connectivity index is 1.94. The minimum atomic E-state index is 0.508. The van der Waals surface area contributed by atoms with E-state index in [1.54, 1.807) is 0 Å². The molecule has 1 aliphatic rings. The van der Waals surface area contributed by atoms with Crippen molar-refractivity contribution in [1.82, 2.24) is 9.55 Å². The van der Waals surface area contributed by atoms with Gasteiger partial charge in [-0.15, -0.1) is 0 Å². The lowest BCUT2D eigenvalue weighted by atomic mass is 9.95. The Labute approximate surface area is 136 Å². The molecule has 1 heterocycles. The molecular formula is C19H22N4. The number of benzene rings is 2. The molecule has 3 aromatic rings. The van der Waals surface area contributed by atoms with E-state index in [4.69, 9.17) is 16.5 Å². The van der Waals surface area contributed by atoms with Gasteiger partial charge in [-0.1, -0.05) is 31.4 Å². The highest BCUT2D eigenvalue weighted by Crippen LogP contribution is 2.36. The topological polar surface area (TPSA) is 69.9 Å². The van der Waals surface area contributed by atoms with E-state index < -0.39 is 0 Å². The van der Waals surface area contributed by atoms with Crippen LogP contribution in [0.2, 0.25) is 0 Å². The molecule has 0 amide bonds. The van der Waals surface area contributed by atoms with Crippen molar-refractivity contribution >= 4 is 22.4 Å². The molecule has 0 atom stereocenters. The molecule has 118 valence electrons. The minimum Gasteiger partial charge on any atom is -0.399 e. The van der Waals surface area contributed by atoms with Crippen LogP contribution in [-0.4, -0.2) is 9.55 Å². The number of imidazole rings is 1. The highest BCUT2D eigenvalue weighted by atomic mass is 15.1. The summed E-state index contributed by atoms with van der Waals surface area (Å²) < 4.78 is 2.41. The Bertz CT molecular complexity index is 844. The first-order valence-electron chi connectivity index (χ1n) is 8.36. The third-order valence-electron chi connectivity index (χ3n) is 4.80. The molecule has 1 fully saturated rings. The Morgan fingerprint density at radius 1 is 0.913 bits per heavy atom. The van der Waals surface area contributed by atoms with Gasteiger partial charge in [-0.05, 0) is 43.2 Å². The Morgan fingerprint density at radius 2 is 1.70 bits per heavy atom. The zero-order valence-electron chi connectivity index (χ0n) is 13.2. The zero-order valence-corrected chi connectivity index (χ0v) is 13.2. The largest absolute Gasteiger partial charge is 0.399 e. The third kappa shape index (κ3) is 2.54. The number of anilines is 2. The van der Waals surface area contributed by atoms with Gasteiger partial charge in [0.05, 0.1) is 11.0 Å². The maximum absolute atomic E-state index is 5.99. The summed E-state index contributed by atoms with van der Waals surface area (Å²) in [5, 5.41) is 0. The molecular weight excluding hydrogens is 284 g/mol. The molecule has 4 heteroatoms. The van der Waals surface area contributed by atoms with Gasteiger partial charge in [0.1, 0.15) is 5.82 Å². The third-order valence-corrected chi connectivity index (χ3v) is 4.80. The van der Waals surface area contributed by atoms with E-state index >= 15 is 0 Å². The molecule has 4 nitrogen and oxygen atoms in total. The average Bonchev–Trinajstić information content (AvgIpc) is 2.94. The molecule has 0 radical (unpaired) electrons. The summed E-state index contributed by atoms with van der Waals surface area (Å²) in [4.78, 5) is 4.89. The molecule has 4 N–H and O–H groups in total. The molecule has 0 bridgehead atoms. The lowest BCUT2D eigenvalue weighted by Crippen LogP contribution is -2.14. The van der Waals surface area contributed by atoms with E-state index in [1.165, 1.54) is 37.6 Å². The summed E-state index contributed by atoms with van der Waals surface area (Å²) in [5.74, 6) is 1.00. The van der Waals surface area contributed by atoms with E-state index in [-0.39, 0.29) is 0 Å². The first kappa shape index (κ1) is 14.1. The van der Waals surface area contributed by atoms with Crippen LogP contribution < -0.4 is 11.5 Å². The van der Waals surface area contributed by atoms with Gasteiger partial charge in [-0.2, -0.15) is 0 Å². The van der Waals surface area contributed by atoms with Crippen LogP contribution in [0.1, 0.15) is 38.1 Å². The lowest BCUT2D eigenvalue weighted by molar-refractivity contribution is 0.362. The van der Waals surface area contributed by atoms with Gasteiger partial charge in [0.15, 0.2) is 0 Å². The van der Waals surface area contributed by atoms with Crippen molar-refractivity contribution in [3.05, 3.63) is 42.5 Å². The summed E-state index contributed by atoms with van der Waals surface area (Å²) in [6, 6.07) is 14.5. The van der Waals surface area contributed by atoms with Crippen LogP contribution in [0.5, 0.6) is 0 Å². The van der Waals surface area contributed by atoms with Gasteiger partial charge in [-0.25, -0.2) is 4.98 Å². The van der Waals surface area contributed by atoms with Crippen LogP contribution >= 0.6 is 0 Å². The van der Waals surface area contributed by atoms with Crippen molar-refractivity contribution in [2.24, 2.45) is 0 Å². The average molecular weight is 306 g/mol. The second-order valence-electron chi connectivity index (χ2n) is 6.47. The first-order valence-corrected chi connectivity index (χ1v) is 8.36. The number of rotatable bonds is 2. The van der Waals surface area contributed by atoms with Crippen LogP contribution in [0.25, 0.3) is 22.4 Å². The fraction of sp³-hybridized carbons (Fsp3) is 0.316. The van der Waals surface area contributed by atoms with Crippen LogP contribution in [-0.2, 0) is 0 Å². The minimum absolute atomic E-state index is 0.508. The lowest BCUT2D eigenvalue weighted by Gasteiger charge is -2.25. The highest BCUT2D eigenvalue weighted by Gasteiger charge is 2.22. The van der Waals surface area contributed by atoms with Crippen LogP contribution in [0.3, 0.4) is 0 Å². The van der Waals surface area contributed by atoms with Crippen molar-refractivity contribution in [2.45, 2.75) is 38.1 Å². The molecule has 0 saturated heterocycles. The van der Waals surface area contributed by atoms with E-state index in [2.05, 4.69) is 16.7 Å². The van der Waals surface area contributed by atoms with Crippen molar-refractivity contribution in [3.8, 4) is 11.4 Å². The monoisotopic (exact) mass is 306 g/mol. The van der Waals surface area contributed by atoms with Crippen LogP contribution in [0.4, 0.5) is 11.4 Å². The highest BCUT2D eigenvalue weighted by molar-refractivity contribution is 5.84. The van der Waals surface area contributed by atoms with Crippen LogP contribution in [0.15, 0.2) is 42.5 Å². The SMILES string of the molecule is Nc1cccc(-c2nc3cc(N)ccc3n2C2CCCCC2)c1. The van der Waals surface area contributed by atoms with Gasteiger partial charge in [0.25, 0.3) is 0 Å². The summed E-state index contributed by atoms with van der Waals surface area (Å²) in [7, 11) is 0. The van der Waals surface area contributed by atoms with Crippen molar-refractivity contribution in [3.63, 3.8) is 0 Å². The molecule has 2 aromatic carbocycles. The Morgan fingerprint density at radius 3 is 2.48 bits per heavy atom. The molecule has 4 rings (SSSR count). The quantitative estimate of drug-likeness (QED) is 0.691. The van der Waals surface area contributed by atoms with Crippen molar-refractivity contribution in [1.29, 1.82) is 0 Å². The number of nitrogens with zero attached hydrogens (tertiary/aromatic N) is 2. The molecule has 0 aliphatic heterocycles. The number of fused-ring (bicyclic) bond motifs is 1. The number of aromatic nitrogens is 2. The van der Waals surface area contributed by atoms with E-state index in [1.807, 2.05) is 30.3 Å². The molecule has 23 heavy (non-hydrogen) atoms. The molecule has 0 spiro atoms. The van der Waals surface area contributed by atoms with Gasteiger partial charge < -0.3 is 16.0 Å². The number of nitrogen functional groups attached to an aromatic ring is 2. The fourth-order valence-electron chi connectivity index (χ4n) is 3.71. The van der Waals surface area contributed by atoms with Crippen LogP contribution in [0, 0.1) is 0 Å². The van der Waals surface area contributed by atoms with Gasteiger partial charge in [0.2, 0.25) is 0 Å². The Kier molecular flexibility index (Phi) is 3.45. The fourth-order valence-corrected chi connectivity index (χ4v) is 3.71. The van der Waals surface area contributed by atoms with Gasteiger partial charge in [-0.3, -0.25) is 0 Å². The number of hydrogen-bond acceptors (Lipinski definition) is 3. The second-order valence-corrected chi connectivity index (χ2v) is 6.47. The van der Waals surface area contributed by atoms with E-state index in [0.29, 0.717) is 6.04 Å². The first-order chi connectivity index (χ1) is 11.2. The summed E-state index contributed by atoms with van der Waals surface area (Å²) in [5.41, 5.74) is 16.7. The predicted molar refractivity (Wildman–Crippen MR) is 96.1 cm³/mol. The van der Waals surface area contributed by atoms with Crippen molar-refractivity contribution in [2.75, 3.05) is 11.5 Å². The maximum Gasteiger partial charge on any atom is 0.141 e. The molecule has 1 aliphatic carbocycles.